The summed E-state index contributed by atoms with van der Waals surface area (Å²) < 4.78 is 50.3. The molecule has 0 aliphatic rings. The van der Waals surface area contributed by atoms with Gasteiger partial charge >= 0.3 is 58.4 Å². The van der Waals surface area contributed by atoms with Gasteiger partial charge in [0.05, 0.1) is 26.4 Å². The molecule has 3 nitrogen and oxygen atoms in total. The fraction of sp³-hybridized carbons (Fsp3) is 0.750. The van der Waals surface area contributed by atoms with Crippen molar-refractivity contribution in [2.45, 2.75) is 0 Å². The zero-order chi connectivity index (χ0) is 11.7. The third-order valence-corrected chi connectivity index (χ3v) is 1.55. The molecule has 0 rings (SSSR count). The molecule has 0 aliphatic carbocycles. The van der Waals surface area contributed by atoms with E-state index in [9.17, 15) is 12.9 Å². The molecule has 0 radical (unpaired) electrons. The molecule has 0 saturated carbocycles. The second kappa shape index (κ2) is 11.2. The monoisotopic (exact) mass is 266 g/mol. The Hall–Kier alpha value is 1.11. The minimum Gasteiger partial charge on any atom is -0.445 e. The first kappa shape index (κ1) is 19.5. The van der Waals surface area contributed by atoms with Crippen molar-refractivity contribution in [2.24, 2.45) is 0 Å². The van der Waals surface area contributed by atoms with Gasteiger partial charge in [0.15, 0.2) is 0 Å². The molecule has 0 aromatic heterocycles. The van der Waals surface area contributed by atoms with Crippen LogP contribution in [0.4, 0.5) is 12.9 Å². The van der Waals surface area contributed by atoms with E-state index in [2.05, 4.69) is 6.58 Å². The number of ether oxygens (including phenoxy) is 3. The summed E-state index contributed by atoms with van der Waals surface area (Å²) in [6, 6.07) is 0. The molecule has 0 N–H and O–H groups in total. The fourth-order valence-electron chi connectivity index (χ4n) is 0.660. The van der Waals surface area contributed by atoms with Crippen LogP contribution in [0.15, 0.2) is 12.1 Å². The van der Waals surface area contributed by atoms with Crippen LogP contribution in [0.5, 0.6) is 0 Å². The van der Waals surface area contributed by atoms with Crippen molar-refractivity contribution in [3.63, 3.8) is 0 Å². The first-order valence-corrected chi connectivity index (χ1v) is 4.50. The molecule has 0 unspecified atom stereocenters. The Kier molecular flexibility index (Phi) is 13.6. The maximum Gasteiger partial charge on any atom is 1.00 e. The molecule has 0 atom stereocenters. The summed E-state index contributed by atoms with van der Waals surface area (Å²) in [6.07, 6.45) is 0. The van der Waals surface area contributed by atoms with E-state index in [1.165, 1.54) is 7.11 Å². The van der Waals surface area contributed by atoms with Crippen LogP contribution in [0, 0.1) is 0 Å². The molecule has 0 saturated heterocycles. The number of hydrogen-bond acceptors (Lipinski definition) is 3. The molecule has 0 aliphatic heterocycles. The fourth-order valence-corrected chi connectivity index (χ4v) is 0.660. The van der Waals surface area contributed by atoms with Crippen molar-refractivity contribution in [1.82, 2.24) is 0 Å². The molecule has 0 amide bonds. The van der Waals surface area contributed by atoms with Crippen molar-refractivity contribution < 1.29 is 78.5 Å². The topological polar surface area (TPSA) is 27.7 Å². The van der Waals surface area contributed by atoms with Gasteiger partial charge in [-0.3, -0.25) is 0 Å². The van der Waals surface area contributed by atoms with Gasteiger partial charge in [0, 0.05) is 13.7 Å². The summed E-state index contributed by atoms with van der Waals surface area (Å²) >= 11 is 0. The second-order valence-corrected chi connectivity index (χ2v) is 2.89. The Morgan fingerprint density at radius 3 is 2.06 bits per heavy atom. The van der Waals surface area contributed by atoms with Gasteiger partial charge in [0.1, 0.15) is 0 Å². The van der Waals surface area contributed by atoms with Crippen LogP contribution < -0.4 is 51.4 Å². The molecular formula is C8H15BF3KO3. The number of hydrogen-bond donors (Lipinski definition) is 0. The van der Waals surface area contributed by atoms with E-state index in [1.807, 2.05) is 0 Å². The molecule has 0 bridgehead atoms. The minimum atomic E-state index is -4.98. The molecule has 0 aromatic rings. The Morgan fingerprint density at radius 2 is 1.56 bits per heavy atom. The third-order valence-electron chi connectivity index (χ3n) is 1.55. The normalized spacial score (nSPS) is 11.0. The molecular weight excluding hydrogens is 251 g/mol. The molecule has 16 heavy (non-hydrogen) atoms. The number of halogens is 3. The Labute approximate surface area is 136 Å². The van der Waals surface area contributed by atoms with E-state index in [1.54, 1.807) is 0 Å². The van der Waals surface area contributed by atoms with E-state index in [4.69, 9.17) is 14.2 Å². The largest absolute Gasteiger partial charge is 1.00 e. The standard InChI is InChI=1S/C8H15BF3O3.K/c1-8(9(10,11)12)7-15-6-5-14-4-3-13-2;/h1,3-7H2,2H3;/q-1;+1. The van der Waals surface area contributed by atoms with Crippen LogP contribution in [-0.2, 0) is 14.2 Å². The molecule has 8 heteroatoms. The zero-order valence-electron chi connectivity index (χ0n) is 9.68. The van der Waals surface area contributed by atoms with Crippen molar-refractivity contribution in [3.05, 3.63) is 12.1 Å². The van der Waals surface area contributed by atoms with E-state index in [0.29, 0.717) is 13.2 Å². The van der Waals surface area contributed by atoms with Crippen LogP contribution in [0.1, 0.15) is 0 Å². The molecule has 0 spiro atoms. The van der Waals surface area contributed by atoms with E-state index in [-0.39, 0.29) is 64.6 Å². The second-order valence-electron chi connectivity index (χ2n) is 2.89. The van der Waals surface area contributed by atoms with Crippen molar-refractivity contribution >= 4 is 6.98 Å². The summed E-state index contributed by atoms with van der Waals surface area (Å²) in [6.45, 7) is -1.35. The molecule has 0 aromatic carbocycles. The van der Waals surface area contributed by atoms with Crippen molar-refractivity contribution in [2.75, 3.05) is 40.1 Å². The van der Waals surface area contributed by atoms with Crippen LogP contribution >= 0.6 is 0 Å². The smallest absolute Gasteiger partial charge is 0.445 e. The van der Waals surface area contributed by atoms with Crippen molar-refractivity contribution in [3.8, 4) is 0 Å². The van der Waals surface area contributed by atoms with Crippen LogP contribution in [0.2, 0.25) is 0 Å². The van der Waals surface area contributed by atoms with E-state index < -0.39 is 19.1 Å². The molecule has 0 fully saturated rings. The van der Waals surface area contributed by atoms with Crippen LogP contribution in [0.3, 0.4) is 0 Å². The zero-order valence-corrected chi connectivity index (χ0v) is 12.8. The average Bonchev–Trinajstić information content (AvgIpc) is 2.14. The van der Waals surface area contributed by atoms with Crippen LogP contribution in [0.25, 0.3) is 0 Å². The minimum absolute atomic E-state index is 0. The van der Waals surface area contributed by atoms with Gasteiger partial charge in [-0.05, 0) is 0 Å². The van der Waals surface area contributed by atoms with Gasteiger partial charge in [-0.25, -0.2) is 0 Å². The van der Waals surface area contributed by atoms with Gasteiger partial charge in [-0.2, -0.15) is 0 Å². The van der Waals surface area contributed by atoms with Gasteiger partial charge < -0.3 is 27.2 Å². The van der Waals surface area contributed by atoms with Gasteiger partial charge in [0.2, 0.25) is 0 Å². The third kappa shape index (κ3) is 11.6. The predicted octanol–water partition coefficient (Wildman–Crippen LogP) is -1.39. The summed E-state index contributed by atoms with van der Waals surface area (Å²) in [5.74, 6) is 0. The molecule has 0 heterocycles. The van der Waals surface area contributed by atoms with Crippen molar-refractivity contribution in [1.29, 1.82) is 0 Å². The first-order chi connectivity index (χ1) is 6.98. The maximum absolute atomic E-state index is 12.0. The van der Waals surface area contributed by atoms with Gasteiger partial charge in [-0.15, -0.1) is 12.1 Å². The Bertz CT molecular complexity index is 190. The SMILES string of the molecule is C=C(COCCOCCOC)[B-](F)(F)F.[K+]. The van der Waals surface area contributed by atoms with E-state index >= 15 is 0 Å². The predicted molar refractivity (Wildman–Crippen MR) is 51.7 cm³/mol. The van der Waals surface area contributed by atoms with Gasteiger partial charge in [0.25, 0.3) is 0 Å². The van der Waals surface area contributed by atoms with E-state index in [0.717, 1.165) is 0 Å². The Balaban J connectivity index is 0. The quantitative estimate of drug-likeness (QED) is 0.380. The van der Waals surface area contributed by atoms with Gasteiger partial charge in [-0.1, -0.05) is 0 Å². The summed E-state index contributed by atoms with van der Waals surface area (Å²) in [5, 5.41) is 0. The number of methoxy groups -OCH3 is 1. The first-order valence-electron chi connectivity index (χ1n) is 4.50. The maximum atomic E-state index is 12.0. The van der Waals surface area contributed by atoms with Crippen LogP contribution in [-0.4, -0.2) is 47.1 Å². The summed E-state index contributed by atoms with van der Waals surface area (Å²) in [7, 11) is 1.54. The average molecular weight is 266 g/mol. The summed E-state index contributed by atoms with van der Waals surface area (Å²) in [4.78, 5) is 0. The number of rotatable bonds is 9. The summed E-state index contributed by atoms with van der Waals surface area (Å²) in [5.41, 5.74) is -0.827. The molecule has 90 valence electrons. The Morgan fingerprint density at radius 1 is 1.06 bits per heavy atom.